The van der Waals surface area contributed by atoms with Gasteiger partial charge in [-0.25, -0.2) is 4.79 Å². The number of ether oxygens (including phenoxy) is 2. The average molecular weight is 493 g/mol. The highest BCUT2D eigenvalue weighted by atomic mass is 16.6. The van der Waals surface area contributed by atoms with E-state index in [1.165, 1.54) is 5.56 Å². The summed E-state index contributed by atoms with van der Waals surface area (Å²) < 4.78 is 11.6. The first kappa shape index (κ1) is 24.6. The standard InChI is InChI=1S/C28H36N4O4/c1-20-5-7-23(8-6-20)35-26-4-2-3-25-24(26)19-27(30-25)36-28(34)29-21-9-13-31(14-10-21)17-18-32-15-11-22(33)12-16-32/h2-8,19,21-22,30,33H,9-18H2,1H3,(H,29,34). The highest BCUT2D eigenvalue weighted by Gasteiger charge is 2.23. The number of aliphatic hydroxyl groups is 1. The molecule has 5 rings (SSSR count). The number of amides is 1. The Morgan fingerprint density at radius 2 is 1.67 bits per heavy atom. The summed E-state index contributed by atoms with van der Waals surface area (Å²) in [5.74, 6) is 1.86. The van der Waals surface area contributed by atoms with Gasteiger partial charge < -0.3 is 34.7 Å². The van der Waals surface area contributed by atoms with Crippen molar-refractivity contribution in [3.8, 4) is 17.4 Å². The van der Waals surface area contributed by atoms with E-state index in [0.717, 1.165) is 81.6 Å². The maximum Gasteiger partial charge on any atom is 0.414 e. The third-order valence-electron chi connectivity index (χ3n) is 7.25. The minimum Gasteiger partial charge on any atom is -0.457 e. The van der Waals surface area contributed by atoms with Gasteiger partial charge in [0.05, 0.1) is 11.6 Å². The van der Waals surface area contributed by atoms with E-state index >= 15 is 0 Å². The zero-order valence-corrected chi connectivity index (χ0v) is 20.9. The van der Waals surface area contributed by atoms with Gasteiger partial charge in [-0.3, -0.25) is 0 Å². The number of aromatic amines is 1. The maximum atomic E-state index is 12.6. The van der Waals surface area contributed by atoms with Gasteiger partial charge >= 0.3 is 6.09 Å². The quantitative estimate of drug-likeness (QED) is 0.456. The Morgan fingerprint density at radius 3 is 2.36 bits per heavy atom. The Morgan fingerprint density at radius 1 is 1.00 bits per heavy atom. The Bertz CT molecular complexity index is 1150. The number of aryl methyl sites for hydroxylation is 1. The maximum absolute atomic E-state index is 12.6. The van der Waals surface area contributed by atoms with Crippen LogP contribution in [0.2, 0.25) is 0 Å². The molecule has 0 unspecified atom stereocenters. The van der Waals surface area contributed by atoms with Gasteiger partial charge in [-0.2, -0.15) is 0 Å². The van der Waals surface area contributed by atoms with Gasteiger partial charge in [0.2, 0.25) is 5.88 Å². The molecule has 0 spiro atoms. The molecule has 2 aliphatic rings. The first-order chi connectivity index (χ1) is 17.5. The van der Waals surface area contributed by atoms with Crippen molar-refractivity contribution in [3.05, 3.63) is 54.1 Å². The molecule has 2 fully saturated rings. The van der Waals surface area contributed by atoms with Crippen LogP contribution < -0.4 is 14.8 Å². The van der Waals surface area contributed by atoms with Gasteiger partial charge in [0.1, 0.15) is 11.5 Å². The van der Waals surface area contributed by atoms with Crippen molar-refractivity contribution < 1.29 is 19.4 Å². The lowest BCUT2D eigenvalue weighted by Gasteiger charge is -2.35. The smallest absolute Gasteiger partial charge is 0.414 e. The first-order valence-corrected chi connectivity index (χ1v) is 13.0. The van der Waals surface area contributed by atoms with Crippen LogP contribution in [-0.4, -0.2) is 77.4 Å². The normalized spacial score (nSPS) is 18.4. The number of fused-ring (bicyclic) bond motifs is 1. The molecule has 2 aliphatic heterocycles. The van der Waals surface area contributed by atoms with E-state index in [4.69, 9.17) is 9.47 Å². The Kier molecular flexibility index (Phi) is 7.75. The summed E-state index contributed by atoms with van der Waals surface area (Å²) >= 11 is 0. The van der Waals surface area contributed by atoms with E-state index in [-0.39, 0.29) is 12.1 Å². The fraction of sp³-hybridized carbons (Fsp3) is 0.464. The van der Waals surface area contributed by atoms with Crippen LogP contribution in [0.1, 0.15) is 31.2 Å². The molecule has 2 saturated heterocycles. The monoisotopic (exact) mass is 492 g/mol. The van der Waals surface area contributed by atoms with Crippen molar-refractivity contribution in [1.82, 2.24) is 20.1 Å². The topological polar surface area (TPSA) is 90.1 Å². The van der Waals surface area contributed by atoms with Crippen LogP contribution in [0.3, 0.4) is 0 Å². The van der Waals surface area contributed by atoms with E-state index in [0.29, 0.717) is 11.6 Å². The summed E-state index contributed by atoms with van der Waals surface area (Å²) in [7, 11) is 0. The van der Waals surface area contributed by atoms with Gasteiger partial charge in [-0.15, -0.1) is 0 Å². The SMILES string of the molecule is Cc1ccc(Oc2cccc3[nH]c(OC(=O)NC4CCN(CCN5CCC(O)CC5)CC4)cc23)cc1. The summed E-state index contributed by atoms with van der Waals surface area (Å²) in [4.78, 5) is 20.6. The number of carbonyl (C=O) groups is 1. The van der Waals surface area contributed by atoms with E-state index in [9.17, 15) is 9.90 Å². The fourth-order valence-corrected chi connectivity index (χ4v) is 5.00. The second-order valence-corrected chi connectivity index (χ2v) is 9.99. The Hall–Kier alpha value is -3.07. The molecule has 0 radical (unpaired) electrons. The van der Waals surface area contributed by atoms with Crippen molar-refractivity contribution in [3.63, 3.8) is 0 Å². The van der Waals surface area contributed by atoms with E-state index in [1.807, 2.05) is 49.4 Å². The minimum atomic E-state index is -0.437. The zero-order chi connectivity index (χ0) is 24.9. The summed E-state index contributed by atoms with van der Waals surface area (Å²) in [5, 5.41) is 13.5. The molecule has 0 aliphatic carbocycles. The highest BCUT2D eigenvalue weighted by Crippen LogP contribution is 2.32. The lowest BCUT2D eigenvalue weighted by atomic mass is 10.1. The van der Waals surface area contributed by atoms with Crippen LogP contribution in [0.4, 0.5) is 4.79 Å². The molecule has 8 nitrogen and oxygen atoms in total. The summed E-state index contributed by atoms with van der Waals surface area (Å²) in [6.45, 7) is 8.02. The molecule has 1 amide bonds. The number of piperidine rings is 2. The molecule has 1 aromatic heterocycles. The number of aromatic nitrogens is 1. The van der Waals surface area contributed by atoms with Gasteiger partial charge in [0, 0.05) is 56.8 Å². The molecule has 0 bridgehead atoms. The molecule has 0 atom stereocenters. The largest absolute Gasteiger partial charge is 0.457 e. The number of carbonyl (C=O) groups excluding carboxylic acids is 1. The van der Waals surface area contributed by atoms with Crippen molar-refractivity contribution >= 4 is 17.0 Å². The number of nitrogens with zero attached hydrogens (tertiary/aromatic N) is 2. The van der Waals surface area contributed by atoms with E-state index in [2.05, 4.69) is 20.1 Å². The Balaban J connectivity index is 1.09. The molecule has 3 N–H and O–H groups in total. The first-order valence-electron chi connectivity index (χ1n) is 13.0. The highest BCUT2D eigenvalue weighted by molar-refractivity contribution is 5.88. The number of H-pyrrole nitrogens is 1. The van der Waals surface area contributed by atoms with E-state index in [1.54, 1.807) is 6.07 Å². The number of aliphatic hydroxyl groups excluding tert-OH is 1. The molecule has 2 aromatic carbocycles. The molecule has 3 heterocycles. The zero-order valence-electron chi connectivity index (χ0n) is 20.9. The summed E-state index contributed by atoms with van der Waals surface area (Å²) in [5.41, 5.74) is 2.02. The van der Waals surface area contributed by atoms with Gasteiger partial charge in [-0.1, -0.05) is 23.8 Å². The van der Waals surface area contributed by atoms with Crippen molar-refractivity contribution in [2.45, 2.75) is 44.8 Å². The van der Waals surface area contributed by atoms with Crippen LogP contribution in [0, 0.1) is 6.92 Å². The van der Waals surface area contributed by atoms with Crippen LogP contribution >= 0.6 is 0 Å². The minimum absolute atomic E-state index is 0.115. The van der Waals surface area contributed by atoms with Gasteiger partial charge in [0.15, 0.2) is 0 Å². The molecule has 0 saturated carbocycles. The van der Waals surface area contributed by atoms with Crippen LogP contribution in [-0.2, 0) is 0 Å². The summed E-state index contributed by atoms with van der Waals surface area (Å²) in [6.07, 6.45) is 3.02. The number of benzene rings is 2. The molecular formula is C28H36N4O4. The van der Waals surface area contributed by atoms with Gasteiger partial charge in [0.25, 0.3) is 0 Å². The third kappa shape index (κ3) is 6.37. The molecule has 36 heavy (non-hydrogen) atoms. The number of likely N-dealkylation sites (tertiary alicyclic amines) is 2. The molecule has 192 valence electrons. The van der Waals surface area contributed by atoms with Crippen molar-refractivity contribution in [2.24, 2.45) is 0 Å². The Labute approximate surface area is 212 Å². The summed E-state index contributed by atoms with van der Waals surface area (Å²) in [6, 6.07) is 15.6. The number of rotatable bonds is 7. The third-order valence-corrected chi connectivity index (χ3v) is 7.25. The van der Waals surface area contributed by atoms with Crippen molar-refractivity contribution in [2.75, 3.05) is 39.3 Å². The van der Waals surface area contributed by atoms with Gasteiger partial charge in [-0.05, 0) is 56.9 Å². The average Bonchev–Trinajstić information content (AvgIpc) is 3.29. The van der Waals surface area contributed by atoms with Crippen LogP contribution in [0.25, 0.3) is 10.9 Å². The number of nitrogens with one attached hydrogen (secondary N) is 2. The molecular weight excluding hydrogens is 456 g/mol. The fourth-order valence-electron chi connectivity index (χ4n) is 5.00. The number of hydrogen-bond donors (Lipinski definition) is 3. The molecule has 3 aromatic rings. The van der Waals surface area contributed by atoms with Crippen LogP contribution in [0.5, 0.6) is 17.4 Å². The predicted molar refractivity (Wildman–Crippen MR) is 140 cm³/mol. The van der Waals surface area contributed by atoms with E-state index < -0.39 is 6.09 Å². The predicted octanol–water partition coefficient (Wildman–Crippen LogP) is 4.28. The second-order valence-electron chi connectivity index (χ2n) is 9.99. The second kappa shape index (κ2) is 11.3. The lowest BCUT2D eigenvalue weighted by molar-refractivity contribution is 0.0739. The van der Waals surface area contributed by atoms with Crippen LogP contribution in [0.15, 0.2) is 48.5 Å². The lowest BCUT2D eigenvalue weighted by Crippen LogP contribution is -2.47. The molecule has 8 heteroatoms. The van der Waals surface area contributed by atoms with Crippen molar-refractivity contribution in [1.29, 1.82) is 0 Å². The number of hydrogen-bond acceptors (Lipinski definition) is 6.